The van der Waals surface area contributed by atoms with Crippen molar-refractivity contribution in [2.75, 3.05) is 0 Å². The van der Waals surface area contributed by atoms with Gasteiger partial charge in [0.25, 0.3) is 0 Å². The van der Waals surface area contributed by atoms with Crippen LogP contribution in [0.15, 0.2) is 48.5 Å². The summed E-state index contributed by atoms with van der Waals surface area (Å²) in [5.41, 5.74) is 2.66. The third-order valence-corrected chi connectivity index (χ3v) is 3.50. The van der Waals surface area contributed by atoms with Gasteiger partial charge in [0, 0.05) is 0 Å². The van der Waals surface area contributed by atoms with Gasteiger partial charge in [0.2, 0.25) is 0 Å². The Kier molecular flexibility index (Phi) is 6.58. The van der Waals surface area contributed by atoms with Gasteiger partial charge in [0.05, 0.1) is 0 Å². The molecule has 3 heteroatoms. The van der Waals surface area contributed by atoms with Gasteiger partial charge >= 0.3 is 7.69 Å². The summed E-state index contributed by atoms with van der Waals surface area (Å²) in [5, 5.41) is 0. The highest BCUT2D eigenvalue weighted by molar-refractivity contribution is 6.20. The summed E-state index contributed by atoms with van der Waals surface area (Å²) < 4.78 is 11.0. The first-order chi connectivity index (χ1) is 11.0. The summed E-state index contributed by atoms with van der Waals surface area (Å²) >= 11 is 0. The minimum absolute atomic E-state index is 0.662. The number of benzene rings is 2. The van der Waals surface area contributed by atoms with Crippen LogP contribution in [0.3, 0.4) is 0 Å². The van der Waals surface area contributed by atoms with Gasteiger partial charge in [0.1, 0.15) is 11.5 Å². The molecule has 0 saturated heterocycles. The Morgan fingerprint density at radius 2 is 1.00 bits per heavy atom. The quantitative estimate of drug-likeness (QED) is 0.633. The molecule has 23 heavy (non-hydrogen) atoms. The van der Waals surface area contributed by atoms with Crippen molar-refractivity contribution in [3.8, 4) is 11.5 Å². The molecule has 0 aliphatic carbocycles. The molecule has 0 unspecified atom stereocenters. The highest BCUT2D eigenvalue weighted by Crippen LogP contribution is 2.17. The van der Waals surface area contributed by atoms with E-state index in [0.717, 1.165) is 24.3 Å². The normalized spacial score (nSPS) is 10.9. The first kappa shape index (κ1) is 17.5. The van der Waals surface area contributed by atoms with Crippen molar-refractivity contribution in [2.24, 2.45) is 11.8 Å². The Morgan fingerprint density at radius 3 is 1.30 bits per heavy atom. The molecule has 0 N–H and O–H groups in total. The van der Waals surface area contributed by atoms with E-state index in [-0.39, 0.29) is 0 Å². The lowest BCUT2D eigenvalue weighted by Gasteiger charge is -2.09. The fourth-order valence-corrected chi connectivity index (χ4v) is 2.49. The van der Waals surface area contributed by atoms with Crippen LogP contribution in [-0.4, -0.2) is 7.69 Å². The topological polar surface area (TPSA) is 18.5 Å². The summed E-state index contributed by atoms with van der Waals surface area (Å²) in [6.07, 6.45) is 2.17. The molecular formula is C20H26BO2. The molecule has 0 bridgehead atoms. The molecule has 0 aromatic heterocycles. The zero-order valence-corrected chi connectivity index (χ0v) is 14.6. The average molecular weight is 309 g/mol. The first-order valence-electron chi connectivity index (χ1n) is 8.36. The van der Waals surface area contributed by atoms with Gasteiger partial charge in [-0.05, 0) is 60.1 Å². The van der Waals surface area contributed by atoms with Crippen molar-refractivity contribution in [3.63, 3.8) is 0 Å². The summed E-state index contributed by atoms with van der Waals surface area (Å²) in [5.74, 6) is 2.90. The van der Waals surface area contributed by atoms with Crippen LogP contribution in [0.5, 0.6) is 11.5 Å². The second-order valence-electron chi connectivity index (χ2n) is 6.82. The highest BCUT2D eigenvalue weighted by Gasteiger charge is 2.04. The summed E-state index contributed by atoms with van der Waals surface area (Å²) in [4.78, 5) is 0. The molecule has 0 atom stereocenters. The molecule has 0 heterocycles. The molecule has 2 nitrogen and oxygen atoms in total. The Bertz CT molecular complexity index is 520. The molecule has 2 aromatic rings. The average Bonchev–Trinajstić information content (AvgIpc) is 2.50. The van der Waals surface area contributed by atoms with Gasteiger partial charge in [0.15, 0.2) is 0 Å². The summed E-state index contributed by atoms with van der Waals surface area (Å²) in [7, 11) is 1.38. The van der Waals surface area contributed by atoms with E-state index in [1.54, 1.807) is 0 Å². The largest absolute Gasteiger partial charge is 0.658 e. The lowest BCUT2D eigenvalue weighted by molar-refractivity contribution is 0.458. The Labute approximate surface area is 141 Å². The summed E-state index contributed by atoms with van der Waals surface area (Å²) in [6.45, 7) is 8.88. The molecule has 0 saturated carbocycles. The van der Waals surface area contributed by atoms with Crippen LogP contribution in [-0.2, 0) is 12.8 Å². The molecule has 0 aliphatic heterocycles. The summed E-state index contributed by atoms with van der Waals surface area (Å²) in [6, 6.07) is 16.3. The van der Waals surface area contributed by atoms with Gasteiger partial charge in [-0.15, -0.1) is 0 Å². The molecule has 0 fully saturated rings. The molecule has 0 amide bonds. The van der Waals surface area contributed by atoms with Crippen LogP contribution in [0.4, 0.5) is 0 Å². The van der Waals surface area contributed by atoms with E-state index in [0.29, 0.717) is 11.8 Å². The van der Waals surface area contributed by atoms with Crippen molar-refractivity contribution in [1.29, 1.82) is 0 Å². The third-order valence-electron chi connectivity index (χ3n) is 3.50. The lowest BCUT2D eigenvalue weighted by Crippen LogP contribution is -2.11. The van der Waals surface area contributed by atoms with Crippen LogP contribution in [0.25, 0.3) is 0 Å². The lowest BCUT2D eigenvalue weighted by atomic mass is 10.0. The van der Waals surface area contributed by atoms with E-state index >= 15 is 0 Å². The Hall–Kier alpha value is -1.90. The van der Waals surface area contributed by atoms with Crippen molar-refractivity contribution in [2.45, 2.75) is 40.5 Å². The standard InChI is InChI=1S/C20H26BO2/c1-15(2)13-17-5-9-19(10-6-17)22-21-23-20-11-7-18(8-12-20)14-16(3)4/h5-12,15-16H,13-14H2,1-4H3. The SMILES string of the molecule is CC(C)Cc1ccc(O[B]Oc2ccc(CC(C)C)cc2)cc1. The molecule has 121 valence electrons. The van der Waals surface area contributed by atoms with E-state index in [4.69, 9.17) is 9.31 Å². The fourth-order valence-electron chi connectivity index (χ4n) is 2.49. The zero-order chi connectivity index (χ0) is 16.7. The van der Waals surface area contributed by atoms with E-state index < -0.39 is 0 Å². The maximum atomic E-state index is 5.52. The molecule has 0 aliphatic rings. The fraction of sp³-hybridized carbons (Fsp3) is 0.400. The van der Waals surface area contributed by atoms with Crippen molar-refractivity contribution < 1.29 is 9.31 Å². The molecule has 1 radical (unpaired) electrons. The molecule has 2 rings (SSSR count). The van der Waals surface area contributed by atoms with Crippen LogP contribution in [0, 0.1) is 11.8 Å². The van der Waals surface area contributed by atoms with Crippen LogP contribution < -0.4 is 9.31 Å². The van der Waals surface area contributed by atoms with Crippen molar-refractivity contribution in [1.82, 2.24) is 0 Å². The van der Waals surface area contributed by atoms with Gasteiger partial charge in [-0.3, -0.25) is 0 Å². The van der Waals surface area contributed by atoms with Gasteiger partial charge < -0.3 is 9.31 Å². The minimum atomic E-state index is 0.662. The maximum Gasteiger partial charge on any atom is 0.658 e. The maximum absolute atomic E-state index is 5.52. The van der Waals surface area contributed by atoms with E-state index in [1.807, 2.05) is 24.3 Å². The second kappa shape index (κ2) is 8.66. The Morgan fingerprint density at radius 1 is 0.652 bits per heavy atom. The van der Waals surface area contributed by atoms with E-state index in [1.165, 1.54) is 18.8 Å². The van der Waals surface area contributed by atoms with Crippen LogP contribution in [0.2, 0.25) is 0 Å². The zero-order valence-electron chi connectivity index (χ0n) is 14.6. The first-order valence-corrected chi connectivity index (χ1v) is 8.36. The van der Waals surface area contributed by atoms with Crippen molar-refractivity contribution in [3.05, 3.63) is 59.7 Å². The van der Waals surface area contributed by atoms with Crippen LogP contribution in [0.1, 0.15) is 38.8 Å². The second-order valence-corrected chi connectivity index (χ2v) is 6.82. The van der Waals surface area contributed by atoms with E-state index in [2.05, 4.69) is 52.0 Å². The number of hydrogen-bond acceptors (Lipinski definition) is 2. The monoisotopic (exact) mass is 309 g/mol. The van der Waals surface area contributed by atoms with Crippen molar-refractivity contribution >= 4 is 7.69 Å². The molecule has 2 aromatic carbocycles. The van der Waals surface area contributed by atoms with Gasteiger partial charge in [-0.25, -0.2) is 0 Å². The highest BCUT2D eigenvalue weighted by atomic mass is 16.6. The third kappa shape index (κ3) is 6.39. The van der Waals surface area contributed by atoms with Gasteiger partial charge in [-0.1, -0.05) is 52.0 Å². The number of rotatable bonds is 8. The van der Waals surface area contributed by atoms with E-state index in [9.17, 15) is 0 Å². The minimum Gasteiger partial charge on any atom is -0.526 e. The molecular weight excluding hydrogens is 283 g/mol. The predicted molar refractivity (Wildman–Crippen MR) is 97.0 cm³/mol. The predicted octanol–water partition coefficient (Wildman–Crippen LogP) is 5.08. The number of hydrogen-bond donors (Lipinski definition) is 0. The smallest absolute Gasteiger partial charge is 0.526 e. The molecule has 0 spiro atoms. The van der Waals surface area contributed by atoms with Crippen LogP contribution >= 0.6 is 0 Å². The Balaban J connectivity index is 1.78. The van der Waals surface area contributed by atoms with Gasteiger partial charge in [-0.2, -0.15) is 0 Å².